The second-order valence-electron chi connectivity index (χ2n) is 4.92. The van der Waals surface area contributed by atoms with Gasteiger partial charge in [0, 0.05) is 11.1 Å². The van der Waals surface area contributed by atoms with Gasteiger partial charge in [-0.15, -0.1) is 11.3 Å². The molecule has 19 heavy (non-hydrogen) atoms. The first-order chi connectivity index (χ1) is 9.20. The van der Waals surface area contributed by atoms with Crippen LogP contribution in [0.2, 0.25) is 0 Å². The van der Waals surface area contributed by atoms with E-state index in [1.807, 2.05) is 0 Å². The molecule has 0 spiro atoms. The number of nitrogens with zero attached hydrogens (tertiary/aromatic N) is 1. The number of rotatable bonds is 6. The number of nitrogens with one attached hydrogen (secondary N) is 1. The number of likely N-dealkylation sites (N-methyl/N-ethyl adjacent to an activating group) is 1. The van der Waals surface area contributed by atoms with Crippen LogP contribution in [0.5, 0.6) is 0 Å². The summed E-state index contributed by atoms with van der Waals surface area (Å²) in [5.74, 6) is 0. The highest BCUT2D eigenvalue weighted by molar-refractivity contribution is 7.09. The maximum atomic E-state index is 4.72. The van der Waals surface area contributed by atoms with E-state index in [1.54, 1.807) is 11.3 Å². The Labute approximate surface area is 119 Å². The molecule has 3 heteroatoms. The molecule has 0 aliphatic rings. The van der Waals surface area contributed by atoms with E-state index >= 15 is 0 Å². The molecular formula is C16H22N2S. The van der Waals surface area contributed by atoms with E-state index in [0.717, 1.165) is 25.1 Å². The van der Waals surface area contributed by atoms with E-state index in [2.05, 4.69) is 61.8 Å². The molecule has 1 unspecified atom stereocenters. The third-order valence-electron chi connectivity index (χ3n) is 3.50. The summed E-state index contributed by atoms with van der Waals surface area (Å²) in [6, 6.07) is 10.7. The molecule has 2 rings (SSSR count). The van der Waals surface area contributed by atoms with Gasteiger partial charge >= 0.3 is 0 Å². The first-order valence-corrected chi connectivity index (χ1v) is 7.79. The van der Waals surface area contributed by atoms with Crippen LogP contribution in [0, 0.1) is 6.92 Å². The molecule has 1 heterocycles. The van der Waals surface area contributed by atoms with Crippen molar-refractivity contribution in [3.05, 3.63) is 52.0 Å². The van der Waals surface area contributed by atoms with E-state index in [-0.39, 0.29) is 5.54 Å². The lowest BCUT2D eigenvalue weighted by Crippen LogP contribution is -2.43. The summed E-state index contributed by atoms with van der Waals surface area (Å²) in [7, 11) is 0. The predicted octanol–water partition coefficient (Wildman–Crippen LogP) is 3.91. The fraction of sp³-hybridized carbons (Fsp3) is 0.438. The Hall–Kier alpha value is -1.19. The summed E-state index contributed by atoms with van der Waals surface area (Å²) in [5, 5.41) is 7.02. The largest absolute Gasteiger partial charge is 0.305 e. The van der Waals surface area contributed by atoms with Gasteiger partial charge in [-0.1, -0.05) is 44.2 Å². The highest BCUT2D eigenvalue weighted by atomic mass is 32.1. The van der Waals surface area contributed by atoms with Crippen molar-refractivity contribution in [2.75, 3.05) is 6.54 Å². The second kappa shape index (κ2) is 6.31. The monoisotopic (exact) mass is 274 g/mol. The van der Waals surface area contributed by atoms with Gasteiger partial charge in [0.05, 0.1) is 5.54 Å². The molecule has 1 aromatic carbocycles. The van der Waals surface area contributed by atoms with E-state index in [1.165, 1.54) is 10.6 Å². The minimum Gasteiger partial charge on any atom is -0.305 e. The summed E-state index contributed by atoms with van der Waals surface area (Å²) in [5.41, 5.74) is 2.44. The van der Waals surface area contributed by atoms with Crippen LogP contribution in [0.3, 0.4) is 0 Å². The molecule has 0 fully saturated rings. The molecule has 2 aromatic rings. The molecule has 0 aliphatic heterocycles. The molecule has 1 aromatic heterocycles. The van der Waals surface area contributed by atoms with E-state index < -0.39 is 0 Å². The van der Waals surface area contributed by atoms with Crippen molar-refractivity contribution >= 4 is 11.3 Å². The topological polar surface area (TPSA) is 24.9 Å². The summed E-state index contributed by atoms with van der Waals surface area (Å²) in [6.07, 6.45) is 2.04. The van der Waals surface area contributed by atoms with Crippen LogP contribution in [0.25, 0.3) is 0 Å². The quantitative estimate of drug-likeness (QED) is 0.864. The summed E-state index contributed by atoms with van der Waals surface area (Å²) < 4.78 is 0. The van der Waals surface area contributed by atoms with Gasteiger partial charge < -0.3 is 5.32 Å². The SMILES string of the molecule is CCNC(CC)(Cc1ccccc1)c1nc(C)cs1. The normalized spacial score (nSPS) is 14.3. The van der Waals surface area contributed by atoms with Crippen molar-refractivity contribution in [3.8, 4) is 0 Å². The highest BCUT2D eigenvalue weighted by Gasteiger charge is 2.32. The van der Waals surface area contributed by atoms with Gasteiger partial charge in [0.15, 0.2) is 0 Å². The summed E-state index contributed by atoms with van der Waals surface area (Å²) in [4.78, 5) is 4.72. The van der Waals surface area contributed by atoms with Crippen LogP contribution in [0.4, 0.5) is 0 Å². The Kier molecular flexibility index (Phi) is 4.72. The zero-order valence-electron chi connectivity index (χ0n) is 11.9. The first-order valence-electron chi connectivity index (χ1n) is 6.91. The first kappa shape index (κ1) is 14.2. The molecule has 2 nitrogen and oxygen atoms in total. The summed E-state index contributed by atoms with van der Waals surface area (Å²) >= 11 is 1.77. The smallest absolute Gasteiger partial charge is 0.113 e. The number of thiazole rings is 1. The van der Waals surface area contributed by atoms with Crippen LogP contribution < -0.4 is 5.32 Å². The van der Waals surface area contributed by atoms with Crippen molar-refractivity contribution in [1.82, 2.24) is 10.3 Å². The van der Waals surface area contributed by atoms with E-state index in [4.69, 9.17) is 4.98 Å². The van der Waals surface area contributed by atoms with E-state index in [0.29, 0.717) is 0 Å². The lowest BCUT2D eigenvalue weighted by molar-refractivity contribution is 0.323. The number of hydrogen-bond donors (Lipinski definition) is 1. The minimum absolute atomic E-state index is 0.0327. The lowest BCUT2D eigenvalue weighted by Gasteiger charge is -2.32. The van der Waals surface area contributed by atoms with Crippen molar-refractivity contribution < 1.29 is 0 Å². The summed E-state index contributed by atoms with van der Waals surface area (Å²) in [6.45, 7) is 7.42. The van der Waals surface area contributed by atoms with Gasteiger partial charge in [0.1, 0.15) is 5.01 Å². The maximum absolute atomic E-state index is 4.72. The van der Waals surface area contributed by atoms with Crippen LogP contribution >= 0.6 is 11.3 Å². The Morgan fingerprint density at radius 2 is 1.95 bits per heavy atom. The number of aryl methyl sites for hydroxylation is 1. The van der Waals surface area contributed by atoms with Crippen LogP contribution in [-0.2, 0) is 12.0 Å². The third-order valence-corrected chi connectivity index (χ3v) is 4.66. The van der Waals surface area contributed by atoms with Gasteiger partial charge in [-0.05, 0) is 31.9 Å². The van der Waals surface area contributed by atoms with Crippen molar-refractivity contribution in [1.29, 1.82) is 0 Å². The standard InChI is InChI=1S/C16H22N2S/c1-4-16(17-5-2,15-18-13(3)12-19-15)11-14-9-7-6-8-10-14/h6-10,12,17H,4-5,11H2,1-3H3. The van der Waals surface area contributed by atoms with Gasteiger partial charge in [-0.3, -0.25) is 0 Å². The fourth-order valence-electron chi connectivity index (χ4n) is 2.47. The average Bonchev–Trinajstić information content (AvgIpc) is 2.86. The van der Waals surface area contributed by atoms with Crippen LogP contribution in [0.1, 0.15) is 36.5 Å². The van der Waals surface area contributed by atoms with Gasteiger partial charge in [-0.2, -0.15) is 0 Å². The number of aromatic nitrogens is 1. The molecule has 0 amide bonds. The fourth-order valence-corrected chi connectivity index (χ4v) is 3.52. The van der Waals surface area contributed by atoms with Gasteiger partial charge in [-0.25, -0.2) is 4.98 Å². The molecule has 1 atom stereocenters. The highest BCUT2D eigenvalue weighted by Crippen LogP contribution is 2.31. The Balaban J connectivity index is 2.34. The minimum atomic E-state index is -0.0327. The zero-order chi connectivity index (χ0) is 13.7. The Morgan fingerprint density at radius 1 is 1.21 bits per heavy atom. The third kappa shape index (κ3) is 3.23. The molecule has 0 radical (unpaired) electrons. The molecule has 0 bridgehead atoms. The maximum Gasteiger partial charge on any atom is 0.113 e. The molecule has 102 valence electrons. The Bertz CT molecular complexity index is 506. The Morgan fingerprint density at radius 3 is 2.47 bits per heavy atom. The molecular weight excluding hydrogens is 252 g/mol. The molecule has 0 saturated carbocycles. The number of benzene rings is 1. The van der Waals surface area contributed by atoms with Crippen molar-refractivity contribution in [2.24, 2.45) is 0 Å². The lowest BCUT2D eigenvalue weighted by atomic mass is 9.88. The van der Waals surface area contributed by atoms with Crippen molar-refractivity contribution in [3.63, 3.8) is 0 Å². The second-order valence-corrected chi connectivity index (χ2v) is 5.78. The zero-order valence-corrected chi connectivity index (χ0v) is 12.8. The average molecular weight is 274 g/mol. The van der Waals surface area contributed by atoms with Crippen LogP contribution in [0.15, 0.2) is 35.7 Å². The van der Waals surface area contributed by atoms with E-state index in [9.17, 15) is 0 Å². The van der Waals surface area contributed by atoms with Gasteiger partial charge in [0.2, 0.25) is 0 Å². The molecule has 1 N–H and O–H groups in total. The molecule has 0 aliphatic carbocycles. The van der Waals surface area contributed by atoms with Crippen molar-refractivity contribution in [2.45, 2.75) is 39.2 Å². The predicted molar refractivity (Wildman–Crippen MR) is 82.6 cm³/mol. The number of hydrogen-bond acceptors (Lipinski definition) is 3. The van der Waals surface area contributed by atoms with Gasteiger partial charge in [0.25, 0.3) is 0 Å². The molecule has 0 saturated heterocycles. The van der Waals surface area contributed by atoms with Crippen LogP contribution in [-0.4, -0.2) is 11.5 Å².